The molecule has 0 amide bonds. The third-order valence-corrected chi connectivity index (χ3v) is 6.52. The normalized spacial score (nSPS) is 16.0. The van der Waals surface area contributed by atoms with Crippen LogP contribution in [0.5, 0.6) is 5.75 Å². The fourth-order valence-electron chi connectivity index (χ4n) is 4.37. The molecule has 1 aliphatic rings. The maximum atomic E-state index is 12.7. The van der Waals surface area contributed by atoms with E-state index in [1.54, 1.807) is 17.6 Å². The molecule has 28 heavy (non-hydrogen) atoms. The lowest BCUT2D eigenvalue weighted by Crippen LogP contribution is -2.31. The fraction of sp³-hybridized carbons (Fsp3) is 0.381. The molecule has 1 saturated carbocycles. The Bertz CT molecular complexity index is 1190. The summed E-state index contributed by atoms with van der Waals surface area (Å²) in [5, 5.41) is 10.2. The summed E-state index contributed by atoms with van der Waals surface area (Å²) in [6.07, 6.45) is 6.50. The van der Waals surface area contributed by atoms with E-state index in [2.05, 4.69) is 33.0 Å². The zero-order chi connectivity index (χ0) is 20.1. The van der Waals surface area contributed by atoms with E-state index in [1.807, 2.05) is 19.1 Å². The molecule has 146 valence electrons. The first kappa shape index (κ1) is 18.9. The molecular weight excluding hydrogens is 422 g/mol. The van der Waals surface area contributed by atoms with Crippen molar-refractivity contribution in [3.8, 4) is 5.75 Å². The van der Waals surface area contributed by atoms with Crippen molar-refractivity contribution < 1.29 is 5.11 Å². The number of aromatic nitrogens is 3. The molecule has 0 atom stereocenters. The van der Waals surface area contributed by atoms with Gasteiger partial charge in [0.05, 0.1) is 0 Å². The third kappa shape index (κ3) is 2.98. The van der Waals surface area contributed by atoms with Gasteiger partial charge in [-0.2, -0.15) is 4.98 Å². The maximum absolute atomic E-state index is 12.7. The standard InChI is InChI=1S/C21H22BrN3O3/c1-13-12-25-16(23-19(27)18(26)17(25)20(28)24(13)2)11-21(8-3-4-9-21)14-6-5-7-15(22)10-14/h5-7,10,12,26H,3-4,8-9,11H2,1-2H3. The number of hydrogen-bond donors (Lipinski definition) is 1. The number of hydrogen-bond acceptors (Lipinski definition) is 4. The first-order chi connectivity index (χ1) is 13.3. The van der Waals surface area contributed by atoms with Crippen molar-refractivity contribution in [2.24, 2.45) is 7.05 Å². The highest BCUT2D eigenvalue weighted by Gasteiger charge is 2.37. The molecule has 0 saturated heterocycles. The Morgan fingerprint density at radius 2 is 1.96 bits per heavy atom. The molecule has 0 spiro atoms. The summed E-state index contributed by atoms with van der Waals surface area (Å²) < 4.78 is 4.05. The number of aromatic hydroxyl groups is 1. The molecule has 2 heterocycles. The van der Waals surface area contributed by atoms with E-state index in [0.717, 1.165) is 35.8 Å². The minimum atomic E-state index is -0.752. The topological polar surface area (TPSA) is 76.6 Å². The van der Waals surface area contributed by atoms with Crippen LogP contribution in [0.2, 0.25) is 0 Å². The van der Waals surface area contributed by atoms with Gasteiger partial charge in [0, 0.05) is 35.2 Å². The van der Waals surface area contributed by atoms with Crippen LogP contribution in [0, 0.1) is 6.92 Å². The third-order valence-electron chi connectivity index (χ3n) is 6.02. The van der Waals surface area contributed by atoms with Crippen LogP contribution in [0.1, 0.15) is 42.8 Å². The first-order valence-electron chi connectivity index (χ1n) is 9.39. The number of halogens is 1. The lowest BCUT2D eigenvalue weighted by molar-refractivity contribution is 0.419. The van der Waals surface area contributed by atoms with E-state index in [9.17, 15) is 14.7 Å². The number of benzene rings is 1. The van der Waals surface area contributed by atoms with Crippen LogP contribution < -0.4 is 11.1 Å². The van der Waals surface area contributed by atoms with Crippen molar-refractivity contribution in [3.05, 3.63) is 72.7 Å². The van der Waals surface area contributed by atoms with Gasteiger partial charge in [0.15, 0.2) is 5.52 Å². The van der Waals surface area contributed by atoms with Gasteiger partial charge in [-0.3, -0.25) is 14.0 Å². The number of aryl methyl sites for hydroxylation is 1. The van der Waals surface area contributed by atoms with Crippen LogP contribution in [0.4, 0.5) is 0 Å². The predicted octanol–water partition coefficient (Wildman–Crippen LogP) is 3.22. The molecule has 6 nitrogen and oxygen atoms in total. The summed E-state index contributed by atoms with van der Waals surface area (Å²) in [4.78, 5) is 29.2. The Kier molecular flexibility index (Phi) is 4.65. The zero-order valence-electron chi connectivity index (χ0n) is 15.9. The molecule has 0 radical (unpaired) electrons. The van der Waals surface area contributed by atoms with Gasteiger partial charge in [0.1, 0.15) is 5.82 Å². The highest BCUT2D eigenvalue weighted by Crippen LogP contribution is 2.44. The molecule has 7 heteroatoms. The Balaban J connectivity index is 1.95. The zero-order valence-corrected chi connectivity index (χ0v) is 17.5. The molecule has 0 unspecified atom stereocenters. The Hall–Kier alpha value is -2.41. The van der Waals surface area contributed by atoms with Crippen LogP contribution in [-0.2, 0) is 18.9 Å². The number of rotatable bonds is 3. The Morgan fingerprint density at radius 3 is 2.64 bits per heavy atom. The van der Waals surface area contributed by atoms with Crippen molar-refractivity contribution in [2.75, 3.05) is 0 Å². The molecule has 1 N–H and O–H groups in total. The molecule has 3 aromatic rings. The van der Waals surface area contributed by atoms with Gasteiger partial charge >= 0.3 is 5.56 Å². The van der Waals surface area contributed by atoms with Gasteiger partial charge < -0.3 is 9.67 Å². The molecule has 0 aliphatic heterocycles. The van der Waals surface area contributed by atoms with E-state index in [4.69, 9.17) is 0 Å². The monoisotopic (exact) mass is 443 g/mol. The average molecular weight is 444 g/mol. The van der Waals surface area contributed by atoms with E-state index in [0.29, 0.717) is 12.2 Å². The van der Waals surface area contributed by atoms with Crippen molar-refractivity contribution in [1.29, 1.82) is 0 Å². The molecule has 2 aromatic heterocycles. The minimum absolute atomic E-state index is 0.00881. The van der Waals surface area contributed by atoms with Crippen LogP contribution in [0.3, 0.4) is 0 Å². The number of fused-ring (bicyclic) bond motifs is 1. The Labute approximate surface area is 170 Å². The second-order valence-electron chi connectivity index (χ2n) is 7.71. The predicted molar refractivity (Wildman–Crippen MR) is 111 cm³/mol. The van der Waals surface area contributed by atoms with Crippen molar-refractivity contribution in [1.82, 2.24) is 14.0 Å². The molecule has 1 aromatic carbocycles. The average Bonchev–Trinajstić information content (AvgIpc) is 3.13. The van der Waals surface area contributed by atoms with Gasteiger partial charge in [-0.1, -0.05) is 40.9 Å². The van der Waals surface area contributed by atoms with Crippen molar-refractivity contribution in [2.45, 2.75) is 44.4 Å². The fourth-order valence-corrected chi connectivity index (χ4v) is 4.77. The molecular formula is C21H22BrN3O3. The van der Waals surface area contributed by atoms with E-state index in [1.165, 1.54) is 10.1 Å². The smallest absolute Gasteiger partial charge is 0.315 e. The van der Waals surface area contributed by atoms with Gasteiger partial charge in [-0.15, -0.1) is 0 Å². The second kappa shape index (κ2) is 6.88. The quantitative estimate of drug-likeness (QED) is 0.673. The molecule has 1 fully saturated rings. The first-order valence-corrected chi connectivity index (χ1v) is 10.2. The highest BCUT2D eigenvalue weighted by atomic mass is 79.9. The maximum Gasteiger partial charge on any atom is 0.315 e. The molecule has 0 bridgehead atoms. The second-order valence-corrected chi connectivity index (χ2v) is 8.63. The van der Waals surface area contributed by atoms with Gasteiger partial charge in [-0.05, 0) is 37.5 Å². The van der Waals surface area contributed by atoms with E-state index < -0.39 is 16.9 Å². The summed E-state index contributed by atoms with van der Waals surface area (Å²) in [6.45, 7) is 1.82. The summed E-state index contributed by atoms with van der Waals surface area (Å²) in [5.74, 6) is -0.0762. The Morgan fingerprint density at radius 1 is 1.25 bits per heavy atom. The number of nitrogens with zero attached hydrogens (tertiary/aromatic N) is 3. The van der Waals surface area contributed by atoms with Crippen LogP contribution in [0.15, 0.2) is 44.5 Å². The van der Waals surface area contributed by atoms with Crippen LogP contribution in [0.25, 0.3) is 5.52 Å². The highest BCUT2D eigenvalue weighted by molar-refractivity contribution is 9.10. The lowest BCUT2D eigenvalue weighted by atomic mass is 9.76. The minimum Gasteiger partial charge on any atom is -0.501 e. The summed E-state index contributed by atoms with van der Waals surface area (Å²) in [7, 11) is 1.63. The van der Waals surface area contributed by atoms with E-state index >= 15 is 0 Å². The molecule has 4 rings (SSSR count). The summed E-state index contributed by atoms with van der Waals surface area (Å²) in [5.41, 5.74) is 0.627. The van der Waals surface area contributed by atoms with Crippen LogP contribution in [-0.4, -0.2) is 19.1 Å². The van der Waals surface area contributed by atoms with Gasteiger partial charge in [0.2, 0.25) is 5.75 Å². The molecule has 1 aliphatic carbocycles. The van der Waals surface area contributed by atoms with Gasteiger partial charge in [-0.25, -0.2) is 0 Å². The van der Waals surface area contributed by atoms with Gasteiger partial charge in [0.25, 0.3) is 5.56 Å². The van der Waals surface area contributed by atoms with Crippen molar-refractivity contribution >= 4 is 21.4 Å². The summed E-state index contributed by atoms with van der Waals surface area (Å²) in [6, 6.07) is 8.26. The van der Waals surface area contributed by atoms with E-state index in [-0.39, 0.29) is 10.9 Å². The summed E-state index contributed by atoms with van der Waals surface area (Å²) >= 11 is 3.56. The van der Waals surface area contributed by atoms with Crippen LogP contribution >= 0.6 is 15.9 Å². The largest absolute Gasteiger partial charge is 0.501 e. The SMILES string of the molecule is Cc1cn2c(CC3(c4cccc(Br)c4)CCCC3)nc(=O)c(O)c2c(=O)n1C. The lowest BCUT2D eigenvalue weighted by Gasteiger charge is -2.30. The van der Waals surface area contributed by atoms with Crippen molar-refractivity contribution in [3.63, 3.8) is 0 Å².